The highest BCUT2D eigenvalue weighted by atomic mass is 35.5. The molecule has 5 nitrogen and oxygen atoms in total. The largest absolute Gasteiger partial charge is 0.484 e. The minimum atomic E-state index is -0.716. The van der Waals surface area contributed by atoms with E-state index in [-0.39, 0.29) is 25.0 Å². The van der Waals surface area contributed by atoms with Gasteiger partial charge in [0.1, 0.15) is 11.8 Å². The number of carbonyl (C=O) groups excluding carboxylic acids is 2. The zero-order valence-electron chi connectivity index (χ0n) is 17.0. The quantitative estimate of drug-likeness (QED) is 0.654. The molecule has 0 bridgehead atoms. The SMILES string of the molecule is CNC(=O)[C@H](C)N(Cc1c(Cl)cccc1Cl)C(=O)COc1ccc(C(C)C)cc1. The molecule has 0 unspecified atom stereocenters. The van der Waals surface area contributed by atoms with Gasteiger partial charge in [0.05, 0.1) is 0 Å². The molecule has 0 heterocycles. The summed E-state index contributed by atoms with van der Waals surface area (Å²) in [4.78, 5) is 26.5. The summed E-state index contributed by atoms with van der Waals surface area (Å²) in [5.74, 6) is 0.369. The van der Waals surface area contributed by atoms with Crippen molar-refractivity contribution in [2.45, 2.75) is 39.3 Å². The van der Waals surface area contributed by atoms with Crippen LogP contribution in [-0.4, -0.2) is 36.4 Å². The summed E-state index contributed by atoms with van der Waals surface area (Å²) in [6.45, 7) is 5.76. The van der Waals surface area contributed by atoms with E-state index in [4.69, 9.17) is 27.9 Å². The molecule has 0 aliphatic heterocycles. The van der Waals surface area contributed by atoms with Crippen LogP contribution in [0, 0.1) is 0 Å². The Bertz CT molecular complexity index is 833. The highest BCUT2D eigenvalue weighted by Crippen LogP contribution is 2.26. The molecule has 156 valence electrons. The Morgan fingerprint density at radius 2 is 1.62 bits per heavy atom. The number of halogens is 2. The molecule has 0 saturated carbocycles. The average Bonchev–Trinajstić information content (AvgIpc) is 2.71. The van der Waals surface area contributed by atoms with E-state index in [0.717, 1.165) is 0 Å². The van der Waals surface area contributed by atoms with Crippen molar-refractivity contribution in [2.24, 2.45) is 0 Å². The van der Waals surface area contributed by atoms with Crippen molar-refractivity contribution in [1.82, 2.24) is 10.2 Å². The second kappa shape index (κ2) is 10.5. The molecule has 0 aliphatic rings. The summed E-state index contributed by atoms with van der Waals surface area (Å²) in [5, 5.41) is 3.44. The lowest BCUT2D eigenvalue weighted by Gasteiger charge is -2.29. The Kier molecular flexibility index (Phi) is 8.35. The van der Waals surface area contributed by atoms with Gasteiger partial charge >= 0.3 is 0 Å². The summed E-state index contributed by atoms with van der Waals surface area (Å²) in [6.07, 6.45) is 0. The Labute approximate surface area is 181 Å². The highest BCUT2D eigenvalue weighted by molar-refractivity contribution is 6.36. The molecular weight excluding hydrogens is 411 g/mol. The minimum absolute atomic E-state index is 0.0988. The number of nitrogens with one attached hydrogen (secondary N) is 1. The summed E-state index contributed by atoms with van der Waals surface area (Å²) in [5.41, 5.74) is 1.77. The maximum Gasteiger partial charge on any atom is 0.261 e. The first-order valence-corrected chi connectivity index (χ1v) is 10.2. The lowest BCUT2D eigenvalue weighted by Crippen LogP contribution is -2.48. The molecule has 7 heteroatoms. The van der Waals surface area contributed by atoms with Gasteiger partial charge in [-0.05, 0) is 42.7 Å². The Hall–Kier alpha value is -2.24. The van der Waals surface area contributed by atoms with E-state index in [1.165, 1.54) is 17.5 Å². The number of benzene rings is 2. The van der Waals surface area contributed by atoms with Gasteiger partial charge in [-0.25, -0.2) is 0 Å². The zero-order valence-corrected chi connectivity index (χ0v) is 18.6. The Balaban J connectivity index is 2.17. The Morgan fingerprint density at radius 3 is 2.14 bits per heavy atom. The fourth-order valence-electron chi connectivity index (χ4n) is 2.82. The van der Waals surface area contributed by atoms with E-state index in [9.17, 15) is 9.59 Å². The number of carbonyl (C=O) groups is 2. The average molecular weight is 437 g/mol. The van der Waals surface area contributed by atoms with Crippen LogP contribution in [0.4, 0.5) is 0 Å². The first-order valence-electron chi connectivity index (χ1n) is 9.41. The van der Waals surface area contributed by atoms with Crippen LogP contribution in [0.2, 0.25) is 10.0 Å². The van der Waals surface area contributed by atoms with Crippen LogP contribution in [0.25, 0.3) is 0 Å². The molecule has 1 atom stereocenters. The molecular formula is C22H26Cl2N2O3. The molecule has 0 fully saturated rings. The van der Waals surface area contributed by atoms with Crippen LogP contribution < -0.4 is 10.1 Å². The third-order valence-corrected chi connectivity index (χ3v) is 5.42. The van der Waals surface area contributed by atoms with Crippen molar-refractivity contribution >= 4 is 35.0 Å². The van der Waals surface area contributed by atoms with E-state index < -0.39 is 6.04 Å². The molecule has 2 amide bonds. The number of hydrogen-bond donors (Lipinski definition) is 1. The zero-order chi connectivity index (χ0) is 21.6. The summed E-state index contributed by atoms with van der Waals surface area (Å²) < 4.78 is 5.66. The summed E-state index contributed by atoms with van der Waals surface area (Å²) in [6, 6.07) is 12.0. The summed E-state index contributed by atoms with van der Waals surface area (Å²) in [7, 11) is 1.52. The third kappa shape index (κ3) is 6.12. The van der Waals surface area contributed by atoms with Crippen LogP contribution in [-0.2, 0) is 16.1 Å². The molecule has 1 N–H and O–H groups in total. The van der Waals surface area contributed by atoms with Crippen molar-refractivity contribution < 1.29 is 14.3 Å². The van der Waals surface area contributed by atoms with E-state index in [0.29, 0.717) is 27.3 Å². The van der Waals surface area contributed by atoms with Gasteiger partial charge < -0.3 is 15.0 Å². The molecule has 29 heavy (non-hydrogen) atoms. The van der Waals surface area contributed by atoms with Crippen LogP contribution in [0.5, 0.6) is 5.75 Å². The van der Waals surface area contributed by atoms with E-state index in [1.807, 2.05) is 24.3 Å². The number of ether oxygens (including phenoxy) is 1. The van der Waals surface area contributed by atoms with Gasteiger partial charge in [0.15, 0.2) is 6.61 Å². The first kappa shape index (κ1) is 23.0. The topological polar surface area (TPSA) is 58.6 Å². The van der Waals surface area contributed by atoms with Gasteiger partial charge in [-0.3, -0.25) is 9.59 Å². The molecule has 2 rings (SSSR count). The lowest BCUT2D eigenvalue weighted by atomic mass is 10.0. The molecule has 0 aliphatic carbocycles. The van der Waals surface area contributed by atoms with Gasteiger partial charge in [-0.15, -0.1) is 0 Å². The normalized spacial score (nSPS) is 11.8. The molecule has 0 aromatic heterocycles. The highest BCUT2D eigenvalue weighted by Gasteiger charge is 2.27. The number of hydrogen-bond acceptors (Lipinski definition) is 3. The number of nitrogens with zero attached hydrogens (tertiary/aromatic N) is 1. The van der Waals surface area contributed by atoms with Crippen LogP contribution in [0.15, 0.2) is 42.5 Å². The lowest BCUT2D eigenvalue weighted by molar-refractivity contribution is -0.142. The maximum atomic E-state index is 12.9. The van der Waals surface area contributed by atoms with Crippen molar-refractivity contribution in [3.05, 3.63) is 63.6 Å². The molecule has 0 saturated heterocycles. The number of rotatable bonds is 8. The van der Waals surface area contributed by atoms with Crippen molar-refractivity contribution in [2.75, 3.05) is 13.7 Å². The van der Waals surface area contributed by atoms with E-state index in [2.05, 4.69) is 19.2 Å². The van der Waals surface area contributed by atoms with Gasteiger partial charge in [0.2, 0.25) is 5.91 Å². The number of likely N-dealkylation sites (N-methyl/N-ethyl adjacent to an activating group) is 1. The predicted octanol–water partition coefficient (Wildman–Crippen LogP) is 4.66. The standard InChI is InChI=1S/C22H26Cl2N2O3/c1-14(2)16-8-10-17(11-9-16)29-13-21(27)26(15(3)22(28)25-4)12-18-19(23)6-5-7-20(18)24/h5-11,14-15H,12-13H2,1-4H3,(H,25,28)/t15-/m0/s1. The van der Waals surface area contributed by atoms with Gasteiger partial charge in [-0.1, -0.05) is 55.2 Å². The van der Waals surface area contributed by atoms with Crippen molar-refractivity contribution in [3.8, 4) is 5.75 Å². The molecule has 0 radical (unpaired) electrons. The van der Waals surface area contributed by atoms with E-state index >= 15 is 0 Å². The van der Waals surface area contributed by atoms with Crippen molar-refractivity contribution in [3.63, 3.8) is 0 Å². The monoisotopic (exact) mass is 436 g/mol. The molecule has 2 aromatic carbocycles. The molecule has 0 spiro atoms. The predicted molar refractivity (Wildman–Crippen MR) is 117 cm³/mol. The summed E-state index contributed by atoms with van der Waals surface area (Å²) >= 11 is 12.5. The minimum Gasteiger partial charge on any atom is -0.484 e. The second-order valence-corrected chi connectivity index (χ2v) is 7.84. The second-order valence-electron chi connectivity index (χ2n) is 7.02. The Morgan fingerprint density at radius 1 is 1.03 bits per heavy atom. The van der Waals surface area contributed by atoms with Gasteiger partial charge in [0, 0.05) is 29.2 Å². The van der Waals surface area contributed by atoms with Crippen LogP contribution in [0.1, 0.15) is 37.8 Å². The number of amides is 2. The fourth-order valence-corrected chi connectivity index (χ4v) is 3.34. The van der Waals surface area contributed by atoms with Gasteiger partial charge in [-0.2, -0.15) is 0 Å². The first-order chi connectivity index (χ1) is 13.7. The van der Waals surface area contributed by atoms with Crippen molar-refractivity contribution in [1.29, 1.82) is 0 Å². The fraction of sp³-hybridized carbons (Fsp3) is 0.364. The smallest absolute Gasteiger partial charge is 0.261 e. The van der Waals surface area contributed by atoms with Gasteiger partial charge in [0.25, 0.3) is 5.91 Å². The van der Waals surface area contributed by atoms with Crippen LogP contribution >= 0.6 is 23.2 Å². The third-order valence-electron chi connectivity index (χ3n) is 4.71. The maximum absolute atomic E-state index is 12.9. The van der Waals surface area contributed by atoms with E-state index in [1.54, 1.807) is 25.1 Å². The molecule has 2 aromatic rings. The van der Waals surface area contributed by atoms with Crippen LogP contribution in [0.3, 0.4) is 0 Å².